The lowest BCUT2D eigenvalue weighted by molar-refractivity contribution is -0.144. The summed E-state index contributed by atoms with van der Waals surface area (Å²) >= 11 is 0. The van der Waals surface area contributed by atoms with E-state index in [0.29, 0.717) is 25.8 Å². The Bertz CT molecular complexity index is 374. The number of morpholine rings is 1. The summed E-state index contributed by atoms with van der Waals surface area (Å²) in [6.07, 6.45) is 0. The summed E-state index contributed by atoms with van der Waals surface area (Å²) < 4.78 is 11.6. The zero-order valence-electron chi connectivity index (χ0n) is 9.70. The maximum atomic E-state index is 11.4. The molecule has 0 amide bonds. The maximum absolute atomic E-state index is 11.4. The lowest BCUT2D eigenvalue weighted by Crippen LogP contribution is -2.38. The van der Waals surface area contributed by atoms with E-state index in [2.05, 4.69) is 15.5 Å². The number of tetrazole rings is 1. The second kappa shape index (κ2) is 5.58. The quantitative estimate of drug-likeness (QED) is 0.630. The fourth-order valence-corrected chi connectivity index (χ4v) is 1.62. The van der Waals surface area contributed by atoms with E-state index in [1.165, 1.54) is 4.68 Å². The number of hydrogen-bond donors (Lipinski definition) is 0. The van der Waals surface area contributed by atoms with Gasteiger partial charge >= 0.3 is 5.97 Å². The van der Waals surface area contributed by atoms with Crippen LogP contribution >= 0.6 is 0 Å². The fourth-order valence-electron chi connectivity index (χ4n) is 1.62. The van der Waals surface area contributed by atoms with Crippen LogP contribution in [0.4, 0.5) is 5.95 Å². The molecule has 0 atom stereocenters. The third-order valence-electron chi connectivity index (χ3n) is 2.39. The zero-order chi connectivity index (χ0) is 12.1. The van der Waals surface area contributed by atoms with Gasteiger partial charge in [0.15, 0.2) is 0 Å². The first-order valence-electron chi connectivity index (χ1n) is 5.55. The van der Waals surface area contributed by atoms with Crippen LogP contribution < -0.4 is 4.90 Å². The highest BCUT2D eigenvalue weighted by Crippen LogP contribution is 2.10. The summed E-state index contributed by atoms with van der Waals surface area (Å²) in [6, 6.07) is 0. The normalized spacial score (nSPS) is 15.9. The number of carbonyl (C=O) groups excluding carboxylic acids is 1. The number of aromatic nitrogens is 4. The van der Waals surface area contributed by atoms with Gasteiger partial charge in [0.2, 0.25) is 5.95 Å². The van der Waals surface area contributed by atoms with E-state index in [0.717, 1.165) is 13.1 Å². The third kappa shape index (κ3) is 2.90. The minimum Gasteiger partial charge on any atom is -0.465 e. The van der Waals surface area contributed by atoms with Gasteiger partial charge in [-0.3, -0.25) is 4.79 Å². The van der Waals surface area contributed by atoms with E-state index in [1.54, 1.807) is 6.92 Å². The monoisotopic (exact) mass is 241 g/mol. The van der Waals surface area contributed by atoms with Crippen molar-refractivity contribution in [1.29, 1.82) is 0 Å². The van der Waals surface area contributed by atoms with Crippen molar-refractivity contribution < 1.29 is 14.3 Å². The zero-order valence-corrected chi connectivity index (χ0v) is 9.70. The number of ether oxygens (including phenoxy) is 2. The molecule has 1 aliphatic heterocycles. The highest BCUT2D eigenvalue weighted by molar-refractivity contribution is 5.69. The minimum absolute atomic E-state index is 0.0352. The fraction of sp³-hybridized carbons (Fsp3) is 0.778. The van der Waals surface area contributed by atoms with Gasteiger partial charge in [0.1, 0.15) is 6.54 Å². The Morgan fingerprint density at radius 3 is 2.94 bits per heavy atom. The molecule has 0 aliphatic carbocycles. The number of esters is 1. The SMILES string of the molecule is CCOC(=O)Cn1nnnc1N1CCOCC1. The van der Waals surface area contributed by atoms with Gasteiger partial charge in [0.05, 0.1) is 19.8 Å². The van der Waals surface area contributed by atoms with Gasteiger partial charge in [-0.25, -0.2) is 4.68 Å². The first kappa shape index (κ1) is 11.8. The van der Waals surface area contributed by atoms with Gasteiger partial charge in [-0.2, -0.15) is 0 Å². The summed E-state index contributed by atoms with van der Waals surface area (Å²) in [4.78, 5) is 13.4. The molecule has 2 rings (SSSR count). The van der Waals surface area contributed by atoms with Crippen LogP contribution in [-0.4, -0.2) is 59.1 Å². The largest absolute Gasteiger partial charge is 0.465 e. The number of carbonyl (C=O) groups is 1. The van der Waals surface area contributed by atoms with Gasteiger partial charge < -0.3 is 14.4 Å². The van der Waals surface area contributed by atoms with Crippen molar-refractivity contribution in [3.8, 4) is 0 Å². The smallest absolute Gasteiger partial charge is 0.327 e. The average Bonchev–Trinajstić information content (AvgIpc) is 2.78. The van der Waals surface area contributed by atoms with E-state index in [-0.39, 0.29) is 12.5 Å². The van der Waals surface area contributed by atoms with Crippen molar-refractivity contribution in [2.45, 2.75) is 13.5 Å². The van der Waals surface area contributed by atoms with Gasteiger partial charge in [-0.15, -0.1) is 0 Å². The summed E-state index contributed by atoms with van der Waals surface area (Å²) in [5, 5.41) is 11.3. The predicted octanol–water partition coefficient (Wildman–Crippen LogP) is -0.927. The Labute approximate surface area is 98.5 Å². The molecular formula is C9H15N5O3. The minimum atomic E-state index is -0.339. The molecule has 8 nitrogen and oxygen atoms in total. The van der Waals surface area contributed by atoms with Crippen molar-refractivity contribution in [1.82, 2.24) is 20.2 Å². The molecule has 1 aromatic heterocycles. The Hall–Kier alpha value is -1.70. The van der Waals surface area contributed by atoms with Gasteiger partial charge in [-0.1, -0.05) is 5.10 Å². The van der Waals surface area contributed by atoms with E-state index < -0.39 is 0 Å². The van der Waals surface area contributed by atoms with Crippen molar-refractivity contribution >= 4 is 11.9 Å². The number of hydrogen-bond acceptors (Lipinski definition) is 7. The van der Waals surface area contributed by atoms with Crippen LogP contribution in [0.3, 0.4) is 0 Å². The first-order chi connectivity index (χ1) is 8.31. The average molecular weight is 241 g/mol. The van der Waals surface area contributed by atoms with Crippen molar-refractivity contribution in [2.24, 2.45) is 0 Å². The van der Waals surface area contributed by atoms with E-state index in [1.807, 2.05) is 4.90 Å². The van der Waals surface area contributed by atoms with Gasteiger partial charge in [0, 0.05) is 13.1 Å². The molecule has 1 fully saturated rings. The van der Waals surface area contributed by atoms with Gasteiger partial charge in [-0.05, 0) is 17.4 Å². The third-order valence-corrected chi connectivity index (χ3v) is 2.39. The molecule has 0 radical (unpaired) electrons. The molecule has 17 heavy (non-hydrogen) atoms. The second-order valence-electron chi connectivity index (χ2n) is 3.54. The second-order valence-corrected chi connectivity index (χ2v) is 3.54. The molecule has 1 aliphatic rings. The van der Waals surface area contributed by atoms with Crippen molar-refractivity contribution in [3.05, 3.63) is 0 Å². The summed E-state index contributed by atoms with van der Waals surface area (Å²) in [5.74, 6) is 0.246. The molecule has 0 saturated carbocycles. The first-order valence-corrected chi connectivity index (χ1v) is 5.55. The maximum Gasteiger partial charge on any atom is 0.327 e. The molecule has 1 saturated heterocycles. The Kier molecular flexibility index (Phi) is 3.86. The molecule has 8 heteroatoms. The molecule has 94 valence electrons. The van der Waals surface area contributed by atoms with E-state index >= 15 is 0 Å². The van der Waals surface area contributed by atoms with Crippen LogP contribution in [0.15, 0.2) is 0 Å². The summed E-state index contributed by atoms with van der Waals surface area (Å²) in [7, 11) is 0. The summed E-state index contributed by atoms with van der Waals surface area (Å²) in [5.41, 5.74) is 0. The van der Waals surface area contributed by atoms with Crippen LogP contribution in [0, 0.1) is 0 Å². The number of nitrogens with zero attached hydrogens (tertiary/aromatic N) is 5. The number of rotatable bonds is 4. The molecule has 0 bridgehead atoms. The van der Waals surface area contributed by atoms with Crippen LogP contribution in [-0.2, 0) is 20.8 Å². The van der Waals surface area contributed by atoms with E-state index in [4.69, 9.17) is 9.47 Å². The lowest BCUT2D eigenvalue weighted by atomic mass is 10.4. The highest BCUT2D eigenvalue weighted by atomic mass is 16.5. The Morgan fingerprint density at radius 1 is 1.47 bits per heavy atom. The standard InChI is InChI=1S/C9H15N5O3/c1-2-17-8(15)7-14-9(10-11-12-14)13-3-5-16-6-4-13/h2-7H2,1H3. The molecule has 0 spiro atoms. The van der Waals surface area contributed by atoms with Crippen LogP contribution in [0.1, 0.15) is 6.92 Å². The van der Waals surface area contributed by atoms with E-state index in [9.17, 15) is 4.79 Å². The Balaban J connectivity index is 2.02. The molecule has 0 N–H and O–H groups in total. The van der Waals surface area contributed by atoms with Crippen LogP contribution in [0.25, 0.3) is 0 Å². The van der Waals surface area contributed by atoms with Crippen molar-refractivity contribution in [3.63, 3.8) is 0 Å². The highest BCUT2D eigenvalue weighted by Gasteiger charge is 2.19. The molecule has 0 unspecified atom stereocenters. The van der Waals surface area contributed by atoms with Crippen LogP contribution in [0.5, 0.6) is 0 Å². The molecule has 2 heterocycles. The number of anilines is 1. The molecule has 0 aromatic carbocycles. The summed E-state index contributed by atoms with van der Waals surface area (Å²) in [6.45, 7) is 4.90. The molecule has 1 aromatic rings. The lowest BCUT2D eigenvalue weighted by Gasteiger charge is -2.26. The van der Waals surface area contributed by atoms with Crippen molar-refractivity contribution in [2.75, 3.05) is 37.8 Å². The van der Waals surface area contributed by atoms with Crippen LogP contribution in [0.2, 0.25) is 0 Å². The Morgan fingerprint density at radius 2 is 2.24 bits per heavy atom. The van der Waals surface area contributed by atoms with Gasteiger partial charge in [0.25, 0.3) is 0 Å². The molecular weight excluding hydrogens is 226 g/mol. The topological polar surface area (TPSA) is 82.4 Å². The predicted molar refractivity (Wildman–Crippen MR) is 57.5 cm³/mol.